The van der Waals surface area contributed by atoms with E-state index in [1.165, 1.54) is 7.11 Å². The van der Waals surface area contributed by atoms with Gasteiger partial charge < -0.3 is 23.8 Å². The maximum absolute atomic E-state index is 13.4. The van der Waals surface area contributed by atoms with E-state index < -0.39 is 0 Å². The van der Waals surface area contributed by atoms with E-state index in [9.17, 15) is 4.79 Å². The summed E-state index contributed by atoms with van der Waals surface area (Å²) in [6.45, 7) is 4.88. The minimum absolute atomic E-state index is 0.203. The van der Waals surface area contributed by atoms with Crippen molar-refractivity contribution >= 4 is 27.5 Å². The number of hydrogen-bond donors (Lipinski definition) is 0. The molecule has 140 valence electrons. The number of nitrogens with zero attached hydrogens (tertiary/aromatic N) is 1. The van der Waals surface area contributed by atoms with Crippen molar-refractivity contribution in [3.8, 4) is 23.0 Å². The van der Waals surface area contributed by atoms with Crippen molar-refractivity contribution in [1.29, 1.82) is 0 Å². The fourth-order valence-electron chi connectivity index (χ4n) is 3.43. The van der Waals surface area contributed by atoms with Crippen molar-refractivity contribution in [3.63, 3.8) is 0 Å². The molecule has 0 atom stereocenters. The standard InChI is InChI=1S/C20H18BrNO5/c1-11-13-9-17-16(26-10-27-17)8-12(13)6-7-22(11)20(23)18-14(21)4-5-15(24-2)19(18)25-3/h4-5,8-9H,1,6-7,10H2,2-3H3. The number of ether oxygens (including phenoxy) is 4. The Kier molecular flexibility index (Phi) is 4.47. The molecule has 2 aromatic rings. The Morgan fingerprint density at radius 2 is 1.93 bits per heavy atom. The van der Waals surface area contributed by atoms with Crippen molar-refractivity contribution in [2.75, 3.05) is 27.6 Å². The predicted octanol–water partition coefficient (Wildman–Crippen LogP) is 3.86. The second kappa shape index (κ2) is 6.81. The summed E-state index contributed by atoms with van der Waals surface area (Å²) < 4.78 is 22.3. The smallest absolute Gasteiger partial charge is 0.263 e. The molecule has 2 aliphatic rings. The minimum Gasteiger partial charge on any atom is -0.493 e. The van der Waals surface area contributed by atoms with Crippen LogP contribution in [0.2, 0.25) is 0 Å². The van der Waals surface area contributed by atoms with Crippen molar-refractivity contribution in [3.05, 3.63) is 52.0 Å². The Morgan fingerprint density at radius 1 is 1.19 bits per heavy atom. The Hall–Kier alpha value is -2.67. The molecule has 27 heavy (non-hydrogen) atoms. The van der Waals surface area contributed by atoms with E-state index in [4.69, 9.17) is 18.9 Å². The molecule has 2 aliphatic heterocycles. The molecule has 2 heterocycles. The summed E-state index contributed by atoms with van der Waals surface area (Å²) in [5.74, 6) is 2.09. The van der Waals surface area contributed by atoms with Gasteiger partial charge >= 0.3 is 0 Å². The van der Waals surface area contributed by atoms with Crippen LogP contribution < -0.4 is 18.9 Å². The fraction of sp³-hybridized carbons (Fsp3) is 0.250. The molecule has 0 saturated heterocycles. The first kappa shape index (κ1) is 17.7. The molecule has 6 nitrogen and oxygen atoms in total. The van der Waals surface area contributed by atoms with E-state index in [-0.39, 0.29) is 12.7 Å². The van der Waals surface area contributed by atoms with Crippen LogP contribution in [0.25, 0.3) is 5.70 Å². The molecule has 0 radical (unpaired) electrons. The van der Waals surface area contributed by atoms with Crippen LogP contribution in [0.3, 0.4) is 0 Å². The zero-order chi connectivity index (χ0) is 19.1. The molecule has 0 fully saturated rings. The number of hydrogen-bond acceptors (Lipinski definition) is 5. The summed E-state index contributed by atoms with van der Waals surface area (Å²) in [5.41, 5.74) is 3.00. The highest BCUT2D eigenvalue weighted by Gasteiger charge is 2.31. The van der Waals surface area contributed by atoms with E-state index in [0.29, 0.717) is 45.9 Å². The number of amides is 1. The van der Waals surface area contributed by atoms with Crippen molar-refractivity contribution < 1.29 is 23.7 Å². The van der Waals surface area contributed by atoms with Crippen molar-refractivity contribution in [2.24, 2.45) is 0 Å². The normalized spacial score (nSPS) is 14.8. The molecule has 0 aromatic heterocycles. The zero-order valence-corrected chi connectivity index (χ0v) is 16.6. The average molecular weight is 432 g/mol. The first-order valence-electron chi connectivity index (χ1n) is 8.39. The fourth-order valence-corrected chi connectivity index (χ4v) is 3.92. The molecular weight excluding hydrogens is 414 g/mol. The summed E-state index contributed by atoms with van der Waals surface area (Å²) in [7, 11) is 3.06. The molecule has 0 N–H and O–H groups in total. The van der Waals surface area contributed by atoms with Crippen LogP contribution in [0.5, 0.6) is 23.0 Å². The third kappa shape index (κ3) is 2.82. The molecule has 0 spiro atoms. The molecular formula is C20H18BrNO5. The highest BCUT2D eigenvalue weighted by molar-refractivity contribution is 9.10. The molecule has 1 amide bonds. The molecule has 0 aliphatic carbocycles. The van der Waals surface area contributed by atoms with E-state index in [1.54, 1.807) is 24.1 Å². The van der Waals surface area contributed by atoms with Crippen molar-refractivity contribution in [1.82, 2.24) is 4.90 Å². The summed E-state index contributed by atoms with van der Waals surface area (Å²) in [5, 5.41) is 0. The summed E-state index contributed by atoms with van der Waals surface area (Å²) in [6, 6.07) is 7.37. The number of carbonyl (C=O) groups excluding carboxylic acids is 1. The van der Waals surface area contributed by atoms with Crippen LogP contribution in [0.15, 0.2) is 35.3 Å². The molecule has 0 unspecified atom stereocenters. The lowest BCUT2D eigenvalue weighted by atomic mass is 9.95. The van der Waals surface area contributed by atoms with Gasteiger partial charge in [-0.2, -0.15) is 0 Å². The third-order valence-electron chi connectivity index (χ3n) is 4.79. The van der Waals surface area contributed by atoms with E-state index >= 15 is 0 Å². The molecule has 7 heteroatoms. The van der Waals surface area contributed by atoms with Crippen LogP contribution >= 0.6 is 15.9 Å². The van der Waals surface area contributed by atoms with Crippen LogP contribution in [-0.4, -0.2) is 38.4 Å². The Labute approximate surface area is 165 Å². The number of fused-ring (bicyclic) bond motifs is 2. The number of halogens is 1. The van der Waals surface area contributed by atoms with Crippen LogP contribution in [0.1, 0.15) is 21.5 Å². The number of carbonyl (C=O) groups is 1. The Bertz CT molecular complexity index is 956. The number of methoxy groups -OCH3 is 2. The second-order valence-corrected chi connectivity index (χ2v) is 7.03. The number of benzene rings is 2. The van der Waals surface area contributed by atoms with Gasteiger partial charge in [0.25, 0.3) is 5.91 Å². The zero-order valence-electron chi connectivity index (χ0n) is 15.0. The van der Waals surface area contributed by atoms with Crippen LogP contribution in [0, 0.1) is 0 Å². The molecule has 2 aromatic carbocycles. The summed E-state index contributed by atoms with van der Waals surface area (Å²) in [6.07, 6.45) is 0.695. The lowest BCUT2D eigenvalue weighted by Gasteiger charge is -2.32. The van der Waals surface area contributed by atoms with Crippen LogP contribution in [-0.2, 0) is 6.42 Å². The molecule has 4 rings (SSSR count). The van der Waals surface area contributed by atoms with Gasteiger partial charge in [-0.05, 0) is 52.2 Å². The topological polar surface area (TPSA) is 57.2 Å². The van der Waals surface area contributed by atoms with Gasteiger partial charge in [0.2, 0.25) is 6.79 Å². The lowest BCUT2D eigenvalue weighted by molar-refractivity contribution is 0.0828. The van der Waals surface area contributed by atoms with Crippen LogP contribution in [0.4, 0.5) is 0 Å². The Morgan fingerprint density at radius 3 is 2.63 bits per heavy atom. The molecule has 0 saturated carbocycles. The lowest BCUT2D eigenvalue weighted by Crippen LogP contribution is -2.35. The average Bonchev–Trinajstić information content (AvgIpc) is 3.13. The Balaban J connectivity index is 1.73. The highest BCUT2D eigenvalue weighted by atomic mass is 79.9. The summed E-state index contributed by atoms with van der Waals surface area (Å²) >= 11 is 3.46. The van der Waals surface area contributed by atoms with Gasteiger partial charge in [-0.15, -0.1) is 0 Å². The highest BCUT2D eigenvalue weighted by Crippen LogP contribution is 2.42. The van der Waals surface area contributed by atoms with Gasteiger partial charge in [-0.25, -0.2) is 0 Å². The SMILES string of the molecule is C=C1c2cc3c(cc2CCN1C(=O)c1c(Br)ccc(OC)c1OC)OCO3. The van der Waals surface area contributed by atoms with E-state index in [2.05, 4.69) is 22.5 Å². The van der Waals surface area contributed by atoms with Crippen molar-refractivity contribution in [2.45, 2.75) is 6.42 Å². The van der Waals surface area contributed by atoms with Gasteiger partial charge in [0.15, 0.2) is 23.0 Å². The van der Waals surface area contributed by atoms with Gasteiger partial charge in [0.1, 0.15) is 0 Å². The second-order valence-electron chi connectivity index (χ2n) is 6.17. The monoisotopic (exact) mass is 431 g/mol. The van der Waals surface area contributed by atoms with Gasteiger partial charge in [-0.1, -0.05) is 6.58 Å². The van der Waals surface area contributed by atoms with E-state index in [1.807, 2.05) is 12.1 Å². The van der Waals surface area contributed by atoms with Gasteiger partial charge in [-0.3, -0.25) is 4.79 Å². The quantitative estimate of drug-likeness (QED) is 0.738. The molecule has 0 bridgehead atoms. The third-order valence-corrected chi connectivity index (χ3v) is 5.45. The van der Waals surface area contributed by atoms with E-state index in [0.717, 1.165) is 16.9 Å². The minimum atomic E-state index is -0.203. The van der Waals surface area contributed by atoms with Gasteiger partial charge in [0.05, 0.1) is 19.8 Å². The predicted molar refractivity (Wildman–Crippen MR) is 104 cm³/mol. The largest absolute Gasteiger partial charge is 0.493 e. The number of rotatable bonds is 3. The first-order chi connectivity index (χ1) is 13.0. The first-order valence-corrected chi connectivity index (χ1v) is 9.18. The maximum Gasteiger partial charge on any atom is 0.263 e. The van der Waals surface area contributed by atoms with Gasteiger partial charge in [0, 0.05) is 22.3 Å². The maximum atomic E-state index is 13.4. The summed E-state index contributed by atoms with van der Waals surface area (Å²) in [4.78, 5) is 15.0.